The van der Waals surface area contributed by atoms with Crippen molar-refractivity contribution in [3.8, 4) is 11.5 Å². The van der Waals surface area contributed by atoms with Crippen molar-refractivity contribution in [2.24, 2.45) is 0 Å². The minimum absolute atomic E-state index is 0.00222. The molecule has 0 saturated carbocycles. The number of rotatable bonds is 4. The first-order valence-corrected chi connectivity index (χ1v) is 11.6. The summed E-state index contributed by atoms with van der Waals surface area (Å²) >= 11 is 5.96. The first kappa shape index (κ1) is 20.7. The second kappa shape index (κ2) is 7.88. The topological polar surface area (TPSA) is 57.8 Å². The molecule has 1 aromatic heterocycles. The molecule has 3 aromatic carbocycles. The smallest absolute Gasteiger partial charge is 0.256 e. The second-order valence-electron chi connectivity index (χ2n) is 8.50. The maximum Gasteiger partial charge on any atom is 0.256 e. The summed E-state index contributed by atoms with van der Waals surface area (Å²) in [5.74, 6) is 1.29. The average molecular weight is 470 g/mol. The van der Waals surface area contributed by atoms with Crippen LogP contribution in [0.15, 0.2) is 72.8 Å². The Kier molecular flexibility index (Phi) is 4.81. The van der Waals surface area contributed by atoms with Gasteiger partial charge in [-0.25, -0.2) is 0 Å². The fourth-order valence-corrected chi connectivity index (χ4v) is 5.69. The fraction of sp³-hybridized carbons (Fsp3) is 0.185. The lowest BCUT2D eigenvalue weighted by atomic mass is 9.88. The molecule has 2 aliphatic rings. The number of thiocarbonyl (C=S) groups is 1. The molecule has 34 heavy (non-hydrogen) atoms. The molecule has 0 spiro atoms. The maximum absolute atomic E-state index is 13.8. The maximum atomic E-state index is 13.8. The number of nitrogens with one attached hydrogen (secondary N) is 1. The Morgan fingerprint density at radius 2 is 1.68 bits per heavy atom. The number of anilines is 1. The molecule has 170 valence electrons. The monoisotopic (exact) mass is 469 g/mol. The van der Waals surface area contributed by atoms with Gasteiger partial charge in [0.2, 0.25) is 0 Å². The molecule has 1 N–H and O–H groups in total. The SMILES string of the molecule is COc1ccc([C@H]2c3[nH]c4ccccc4c3C[C@H]3C(=O)N(c4ccccc4)C(=S)N23)cc1OC. The molecule has 1 amide bonds. The zero-order valence-electron chi connectivity index (χ0n) is 18.8. The lowest BCUT2D eigenvalue weighted by Gasteiger charge is -2.37. The van der Waals surface area contributed by atoms with Crippen molar-refractivity contribution >= 4 is 39.8 Å². The third-order valence-corrected chi connectivity index (χ3v) is 7.18. The quantitative estimate of drug-likeness (QED) is 0.434. The highest BCUT2D eigenvalue weighted by Gasteiger charge is 2.51. The largest absolute Gasteiger partial charge is 0.493 e. The number of carbonyl (C=O) groups excluding carboxylic acids is 1. The highest BCUT2D eigenvalue weighted by molar-refractivity contribution is 7.80. The van der Waals surface area contributed by atoms with Gasteiger partial charge in [-0.3, -0.25) is 9.69 Å². The third-order valence-electron chi connectivity index (χ3n) is 6.79. The van der Waals surface area contributed by atoms with Gasteiger partial charge in [-0.1, -0.05) is 42.5 Å². The van der Waals surface area contributed by atoms with E-state index in [0.717, 1.165) is 33.4 Å². The van der Waals surface area contributed by atoms with Crippen LogP contribution in [0.5, 0.6) is 11.5 Å². The molecule has 2 aliphatic heterocycles. The summed E-state index contributed by atoms with van der Waals surface area (Å²) in [7, 11) is 3.25. The number of fused-ring (bicyclic) bond motifs is 4. The Morgan fingerprint density at radius 1 is 0.941 bits per heavy atom. The molecule has 0 bridgehead atoms. The van der Waals surface area contributed by atoms with E-state index in [1.54, 1.807) is 19.1 Å². The van der Waals surface area contributed by atoms with Crippen LogP contribution >= 0.6 is 12.2 Å². The second-order valence-corrected chi connectivity index (χ2v) is 8.86. The summed E-state index contributed by atoms with van der Waals surface area (Å²) < 4.78 is 11.1. The van der Waals surface area contributed by atoms with E-state index in [-0.39, 0.29) is 11.9 Å². The molecule has 1 saturated heterocycles. The number of methoxy groups -OCH3 is 2. The average Bonchev–Trinajstić information content (AvgIpc) is 3.37. The Bertz CT molecular complexity index is 1430. The van der Waals surface area contributed by atoms with Crippen LogP contribution in [0.25, 0.3) is 10.9 Å². The van der Waals surface area contributed by atoms with Gasteiger partial charge in [0, 0.05) is 23.0 Å². The number of hydrogen-bond acceptors (Lipinski definition) is 4. The molecule has 6 nitrogen and oxygen atoms in total. The van der Waals surface area contributed by atoms with E-state index in [4.69, 9.17) is 21.7 Å². The Labute approximate surface area is 202 Å². The van der Waals surface area contributed by atoms with Crippen molar-refractivity contribution in [3.05, 3.63) is 89.6 Å². The number of aromatic nitrogens is 1. The number of nitrogens with zero attached hydrogens (tertiary/aromatic N) is 2. The van der Waals surface area contributed by atoms with Crippen LogP contribution in [0.3, 0.4) is 0 Å². The van der Waals surface area contributed by atoms with Gasteiger partial charge in [0.1, 0.15) is 6.04 Å². The normalized spacial score (nSPS) is 19.4. The van der Waals surface area contributed by atoms with E-state index in [1.165, 1.54) is 0 Å². The molecule has 0 aliphatic carbocycles. The Hall–Kier alpha value is -3.84. The summed E-state index contributed by atoms with van der Waals surface area (Å²) in [6, 6.07) is 23.1. The minimum atomic E-state index is -0.391. The third kappa shape index (κ3) is 2.93. The number of para-hydroxylation sites is 2. The van der Waals surface area contributed by atoms with Crippen molar-refractivity contribution in [1.82, 2.24) is 9.88 Å². The Balaban J connectivity index is 1.56. The number of amides is 1. The number of hydrogen-bond donors (Lipinski definition) is 1. The summed E-state index contributed by atoms with van der Waals surface area (Å²) in [6.45, 7) is 0. The van der Waals surface area contributed by atoms with E-state index >= 15 is 0 Å². The van der Waals surface area contributed by atoms with Crippen molar-refractivity contribution in [2.45, 2.75) is 18.5 Å². The number of carbonyl (C=O) groups is 1. The van der Waals surface area contributed by atoms with E-state index in [2.05, 4.69) is 22.0 Å². The van der Waals surface area contributed by atoms with Crippen LogP contribution in [-0.4, -0.2) is 41.2 Å². The van der Waals surface area contributed by atoms with Crippen LogP contribution in [0.4, 0.5) is 5.69 Å². The molecule has 0 radical (unpaired) electrons. The van der Waals surface area contributed by atoms with Gasteiger partial charge >= 0.3 is 0 Å². The van der Waals surface area contributed by atoms with E-state index in [9.17, 15) is 4.79 Å². The number of benzene rings is 3. The van der Waals surface area contributed by atoms with Gasteiger partial charge in [0.15, 0.2) is 16.6 Å². The summed E-state index contributed by atoms with van der Waals surface area (Å²) in [4.78, 5) is 21.1. The Morgan fingerprint density at radius 3 is 2.44 bits per heavy atom. The number of ether oxygens (including phenoxy) is 2. The molecule has 3 heterocycles. The van der Waals surface area contributed by atoms with Gasteiger partial charge < -0.3 is 19.4 Å². The summed E-state index contributed by atoms with van der Waals surface area (Å²) in [5.41, 5.74) is 5.02. The van der Waals surface area contributed by atoms with Gasteiger partial charge in [-0.15, -0.1) is 0 Å². The molecule has 0 unspecified atom stereocenters. The van der Waals surface area contributed by atoms with Crippen LogP contribution in [0.2, 0.25) is 0 Å². The predicted octanol–water partition coefficient (Wildman–Crippen LogP) is 4.83. The zero-order valence-corrected chi connectivity index (χ0v) is 19.6. The van der Waals surface area contributed by atoms with Crippen LogP contribution in [-0.2, 0) is 11.2 Å². The molecule has 2 atom stereocenters. The molecule has 7 heteroatoms. The van der Waals surface area contributed by atoms with Crippen LogP contribution in [0, 0.1) is 0 Å². The molecule has 1 fully saturated rings. The van der Waals surface area contributed by atoms with Gasteiger partial charge in [0.25, 0.3) is 5.91 Å². The summed E-state index contributed by atoms with van der Waals surface area (Å²) in [5, 5.41) is 1.64. The molecular formula is C27H23N3O3S. The van der Waals surface area contributed by atoms with E-state index in [0.29, 0.717) is 23.0 Å². The number of aromatic amines is 1. The standard InChI is InChI=1S/C27H23N3O3S/c1-32-22-13-12-16(14-23(22)33-2)25-24-19(18-10-6-7-11-20(18)28-24)15-21-26(31)29(27(34)30(21)25)17-8-4-3-5-9-17/h3-14,21,25,28H,15H2,1-2H3/t21-,25-/m0/s1. The van der Waals surface area contributed by atoms with Crippen LogP contribution in [0.1, 0.15) is 22.9 Å². The lowest BCUT2D eigenvalue weighted by molar-refractivity contribution is -0.120. The predicted molar refractivity (Wildman–Crippen MR) is 136 cm³/mol. The number of H-pyrrole nitrogens is 1. The fourth-order valence-electron chi connectivity index (χ4n) is 5.26. The van der Waals surface area contributed by atoms with E-state index < -0.39 is 6.04 Å². The minimum Gasteiger partial charge on any atom is -0.493 e. The van der Waals surface area contributed by atoms with E-state index in [1.807, 2.05) is 60.7 Å². The first-order valence-electron chi connectivity index (χ1n) is 11.1. The zero-order chi connectivity index (χ0) is 23.4. The van der Waals surface area contributed by atoms with Crippen LogP contribution < -0.4 is 14.4 Å². The van der Waals surface area contributed by atoms with Crippen molar-refractivity contribution in [2.75, 3.05) is 19.1 Å². The van der Waals surface area contributed by atoms with Crippen molar-refractivity contribution < 1.29 is 14.3 Å². The molecule has 6 rings (SSSR count). The lowest BCUT2D eigenvalue weighted by Crippen LogP contribution is -2.44. The molecule has 4 aromatic rings. The van der Waals surface area contributed by atoms with Crippen molar-refractivity contribution in [3.63, 3.8) is 0 Å². The summed E-state index contributed by atoms with van der Waals surface area (Å²) in [6.07, 6.45) is 0.589. The van der Waals surface area contributed by atoms with Gasteiger partial charge in [-0.2, -0.15) is 0 Å². The highest BCUT2D eigenvalue weighted by Crippen LogP contribution is 2.46. The van der Waals surface area contributed by atoms with Gasteiger partial charge in [0.05, 0.1) is 25.9 Å². The van der Waals surface area contributed by atoms with Crippen molar-refractivity contribution in [1.29, 1.82) is 0 Å². The highest BCUT2D eigenvalue weighted by atomic mass is 32.1. The van der Waals surface area contributed by atoms with Gasteiger partial charge in [-0.05, 0) is 53.7 Å². The first-order chi connectivity index (χ1) is 16.6. The molecular weight excluding hydrogens is 446 g/mol.